The number of carbonyl (C=O) groups is 1. The third-order valence-electron chi connectivity index (χ3n) is 2.56. The first kappa shape index (κ1) is 11.1. The van der Waals surface area contributed by atoms with Crippen LogP contribution < -0.4 is 0 Å². The first-order valence-electron chi connectivity index (χ1n) is 5.04. The maximum atomic E-state index is 11.1. The quantitative estimate of drug-likeness (QED) is 0.886. The largest absolute Gasteiger partial charge is 0.478 e. The summed E-state index contributed by atoms with van der Waals surface area (Å²) < 4.78 is 2.01. The maximum absolute atomic E-state index is 11.1. The van der Waals surface area contributed by atoms with E-state index in [-0.39, 0.29) is 0 Å². The van der Waals surface area contributed by atoms with E-state index in [2.05, 4.69) is 0 Å². The molecule has 16 heavy (non-hydrogen) atoms. The summed E-state index contributed by atoms with van der Waals surface area (Å²) in [5, 5.41) is 9.92. The van der Waals surface area contributed by atoms with Gasteiger partial charge in [-0.2, -0.15) is 11.8 Å². The van der Waals surface area contributed by atoms with Gasteiger partial charge in [0.05, 0.1) is 5.56 Å². The summed E-state index contributed by atoms with van der Waals surface area (Å²) in [6.45, 7) is 0.842. The predicted octanol–water partition coefficient (Wildman–Crippen LogP) is 2.70. The number of aryl methyl sites for hydroxylation is 1. The van der Waals surface area contributed by atoms with Crippen molar-refractivity contribution in [1.82, 2.24) is 4.57 Å². The number of benzene rings is 1. The number of aromatic nitrogens is 1. The molecule has 2 rings (SSSR count). The summed E-state index contributed by atoms with van der Waals surface area (Å²) in [6.07, 6.45) is 3.77. The Labute approximate surface area is 98.1 Å². The summed E-state index contributed by atoms with van der Waals surface area (Å²) in [4.78, 5) is 11.1. The van der Waals surface area contributed by atoms with E-state index in [1.54, 1.807) is 18.0 Å². The molecular weight excluding hydrogens is 222 g/mol. The van der Waals surface area contributed by atoms with Gasteiger partial charge >= 0.3 is 5.97 Å². The number of carboxylic acids is 1. The van der Waals surface area contributed by atoms with Gasteiger partial charge in [-0.05, 0) is 12.3 Å². The van der Waals surface area contributed by atoms with E-state index in [4.69, 9.17) is 5.11 Å². The number of aromatic carboxylic acids is 1. The van der Waals surface area contributed by atoms with Crippen molar-refractivity contribution in [3.8, 4) is 0 Å². The van der Waals surface area contributed by atoms with Gasteiger partial charge in [0.2, 0.25) is 0 Å². The molecule has 0 saturated carbocycles. The normalized spacial score (nSPS) is 10.8. The first-order chi connectivity index (χ1) is 7.74. The topological polar surface area (TPSA) is 42.2 Å². The van der Waals surface area contributed by atoms with E-state index >= 15 is 0 Å². The van der Waals surface area contributed by atoms with Crippen LogP contribution in [0.4, 0.5) is 0 Å². The number of hydrogen-bond acceptors (Lipinski definition) is 2. The van der Waals surface area contributed by atoms with Crippen molar-refractivity contribution < 1.29 is 9.90 Å². The second-order valence-corrected chi connectivity index (χ2v) is 4.54. The Kier molecular flexibility index (Phi) is 3.19. The fourth-order valence-electron chi connectivity index (χ4n) is 1.79. The van der Waals surface area contributed by atoms with Gasteiger partial charge in [0.15, 0.2) is 0 Å². The van der Waals surface area contributed by atoms with Gasteiger partial charge in [0, 0.05) is 29.4 Å². The molecule has 0 aliphatic rings. The zero-order valence-corrected chi connectivity index (χ0v) is 9.83. The lowest BCUT2D eigenvalue weighted by molar-refractivity contribution is 0.0699. The number of hydrogen-bond donors (Lipinski definition) is 1. The highest BCUT2D eigenvalue weighted by Gasteiger charge is 2.12. The molecule has 1 aromatic carbocycles. The minimum Gasteiger partial charge on any atom is -0.478 e. The average molecular weight is 235 g/mol. The molecule has 0 fully saturated rings. The van der Waals surface area contributed by atoms with Gasteiger partial charge in [-0.1, -0.05) is 18.2 Å². The lowest BCUT2D eigenvalue weighted by atomic mass is 10.2. The van der Waals surface area contributed by atoms with Gasteiger partial charge < -0.3 is 9.67 Å². The molecule has 1 aromatic heterocycles. The number of nitrogens with zero attached hydrogens (tertiary/aromatic N) is 1. The Morgan fingerprint density at radius 1 is 1.44 bits per heavy atom. The predicted molar refractivity (Wildman–Crippen MR) is 67.3 cm³/mol. The van der Waals surface area contributed by atoms with Gasteiger partial charge in [0.25, 0.3) is 0 Å². The fraction of sp³-hybridized carbons (Fsp3) is 0.250. The number of rotatable bonds is 4. The second kappa shape index (κ2) is 4.61. The zero-order chi connectivity index (χ0) is 11.5. The summed E-state index contributed by atoms with van der Waals surface area (Å²) in [6, 6.07) is 7.62. The van der Waals surface area contributed by atoms with Crippen LogP contribution in [0.2, 0.25) is 0 Å². The highest BCUT2D eigenvalue weighted by Crippen LogP contribution is 2.21. The molecule has 0 amide bonds. The summed E-state index contributed by atoms with van der Waals surface area (Å²) >= 11 is 1.75. The lowest BCUT2D eigenvalue weighted by Gasteiger charge is -2.02. The Balaban J connectivity index is 2.53. The molecule has 2 aromatic rings. The van der Waals surface area contributed by atoms with E-state index in [0.717, 1.165) is 23.2 Å². The molecule has 1 N–H and O–H groups in total. The highest BCUT2D eigenvalue weighted by atomic mass is 32.2. The minimum absolute atomic E-state index is 0.386. The number of carboxylic acid groups (broad SMARTS) is 1. The minimum atomic E-state index is -0.862. The molecule has 4 heteroatoms. The monoisotopic (exact) mass is 235 g/mol. The molecule has 84 valence electrons. The van der Waals surface area contributed by atoms with Crippen molar-refractivity contribution >= 4 is 28.6 Å². The fourth-order valence-corrected chi connectivity index (χ4v) is 2.17. The van der Waals surface area contributed by atoms with Crippen molar-refractivity contribution in [2.45, 2.75) is 6.54 Å². The molecule has 0 bridgehead atoms. The van der Waals surface area contributed by atoms with Crippen LogP contribution in [0.3, 0.4) is 0 Å². The molecule has 0 aliphatic carbocycles. The van der Waals surface area contributed by atoms with Crippen molar-refractivity contribution in [3.63, 3.8) is 0 Å². The van der Waals surface area contributed by atoms with Crippen LogP contribution in [0.25, 0.3) is 10.9 Å². The first-order valence-corrected chi connectivity index (χ1v) is 6.43. The SMILES string of the molecule is CSCCn1cc(C(=O)O)c2ccccc21. The molecule has 1 heterocycles. The average Bonchev–Trinajstić information content (AvgIpc) is 2.65. The van der Waals surface area contributed by atoms with E-state index in [1.165, 1.54) is 0 Å². The number of para-hydroxylation sites is 1. The van der Waals surface area contributed by atoms with Crippen molar-refractivity contribution in [3.05, 3.63) is 36.0 Å². The van der Waals surface area contributed by atoms with E-state index in [0.29, 0.717) is 5.56 Å². The van der Waals surface area contributed by atoms with Crippen LogP contribution >= 0.6 is 11.8 Å². The molecule has 0 atom stereocenters. The Morgan fingerprint density at radius 2 is 2.19 bits per heavy atom. The third-order valence-corrected chi connectivity index (χ3v) is 3.15. The maximum Gasteiger partial charge on any atom is 0.337 e. The summed E-state index contributed by atoms with van der Waals surface area (Å²) in [7, 11) is 0. The van der Waals surface area contributed by atoms with Crippen LogP contribution in [-0.4, -0.2) is 27.7 Å². The smallest absolute Gasteiger partial charge is 0.337 e. The van der Waals surface area contributed by atoms with Crippen molar-refractivity contribution in [2.75, 3.05) is 12.0 Å². The Morgan fingerprint density at radius 3 is 2.88 bits per heavy atom. The van der Waals surface area contributed by atoms with Crippen LogP contribution in [0.5, 0.6) is 0 Å². The van der Waals surface area contributed by atoms with E-state index in [9.17, 15) is 4.79 Å². The number of fused-ring (bicyclic) bond motifs is 1. The second-order valence-electron chi connectivity index (χ2n) is 3.55. The van der Waals surface area contributed by atoms with Crippen LogP contribution in [0.15, 0.2) is 30.5 Å². The van der Waals surface area contributed by atoms with E-state index < -0.39 is 5.97 Å². The van der Waals surface area contributed by atoms with Crippen LogP contribution in [-0.2, 0) is 6.54 Å². The van der Waals surface area contributed by atoms with Crippen molar-refractivity contribution in [1.29, 1.82) is 0 Å². The van der Waals surface area contributed by atoms with Gasteiger partial charge in [0.1, 0.15) is 0 Å². The molecule has 0 spiro atoms. The standard InChI is InChI=1S/C12H13NO2S/c1-16-7-6-13-8-10(12(14)15)9-4-2-3-5-11(9)13/h2-5,8H,6-7H2,1H3,(H,14,15). The lowest BCUT2D eigenvalue weighted by Crippen LogP contribution is -1.99. The molecular formula is C12H13NO2S. The molecule has 0 saturated heterocycles. The Hall–Kier alpha value is -1.42. The molecule has 0 unspecified atom stereocenters. The highest BCUT2D eigenvalue weighted by molar-refractivity contribution is 7.98. The molecule has 3 nitrogen and oxygen atoms in total. The number of thioether (sulfide) groups is 1. The van der Waals surface area contributed by atoms with Crippen LogP contribution in [0.1, 0.15) is 10.4 Å². The van der Waals surface area contributed by atoms with Gasteiger partial charge in [-0.3, -0.25) is 0 Å². The Bertz CT molecular complexity index is 519. The van der Waals surface area contributed by atoms with Crippen molar-refractivity contribution in [2.24, 2.45) is 0 Å². The van der Waals surface area contributed by atoms with E-state index in [1.807, 2.05) is 35.1 Å². The summed E-state index contributed by atoms with van der Waals surface area (Å²) in [5.74, 6) is 0.122. The molecule has 0 radical (unpaired) electrons. The zero-order valence-electron chi connectivity index (χ0n) is 9.01. The molecule has 0 aliphatic heterocycles. The van der Waals surface area contributed by atoms with Crippen LogP contribution in [0, 0.1) is 0 Å². The van der Waals surface area contributed by atoms with Gasteiger partial charge in [-0.15, -0.1) is 0 Å². The third kappa shape index (κ3) is 1.93. The summed E-state index contributed by atoms with van der Waals surface area (Å²) in [5.41, 5.74) is 1.38. The van der Waals surface area contributed by atoms with Gasteiger partial charge in [-0.25, -0.2) is 4.79 Å².